The van der Waals surface area contributed by atoms with Crippen LogP contribution in [0.4, 0.5) is 0 Å². The van der Waals surface area contributed by atoms with Crippen LogP contribution in [0.2, 0.25) is 0 Å². The molecule has 0 unspecified atom stereocenters. The summed E-state index contributed by atoms with van der Waals surface area (Å²) in [5.41, 5.74) is 4.80. The Hall–Kier alpha value is -1.93. The van der Waals surface area contributed by atoms with Crippen molar-refractivity contribution in [1.29, 1.82) is 0 Å². The fraction of sp³-hybridized carbons (Fsp3) is 0.118. The number of nitrogens with zero attached hydrogens (tertiary/aromatic N) is 1. The van der Waals surface area contributed by atoms with Crippen molar-refractivity contribution in [1.82, 2.24) is 4.98 Å². The van der Waals surface area contributed by atoms with E-state index in [1.807, 2.05) is 35.7 Å². The highest BCUT2D eigenvalue weighted by molar-refractivity contribution is 7.15. The molecule has 0 aliphatic rings. The van der Waals surface area contributed by atoms with Crippen LogP contribution in [0.1, 0.15) is 10.4 Å². The Kier molecular flexibility index (Phi) is 3.18. The summed E-state index contributed by atoms with van der Waals surface area (Å²) in [6.07, 6.45) is 1.89. The van der Waals surface area contributed by atoms with Crippen LogP contribution in [0.5, 0.6) is 0 Å². The van der Waals surface area contributed by atoms with E-state index in [1.165, 1.54) is 20.9 Å². The van der Waals surface area contributed by atoms with Crippen molar-refractivity contribution in [2.24, 2.45) is 0 Å². The zero-order valence-corrected chi connectivity index (χ0v) is 11.9. The minimum atomic E-state index is 1.03. The Balaban J connectivity index is 2.05. The van der Waals surface area contributed by atoms with Gasteiger partial charge in [0.1, 0.15) is 0 Å². The van der Waals surface area contributed by atoms with Crippen molar-refractivity contribution in [3.63, 3.8) is 0 Å². The second-order valence-electron chi connectivity index (χ2n) is 4.65. The topological polar surface area (TPSA) is 12.9 Å². The summed E-state index contributed by atoms with van der Waals surface area (Å²) in [6.45, 7) is 4.33. The van der Waals surface area contributed by atoms with Gasteiger partial charge in [0.25, 0.3) is 0 Å². The van der Waals surface area contributed by atoms with E-state index in [4.69, 9.17) is 0 Å². The van der Waals surface area contributed by atoms with Crippen LogP contribution in [0.3, 0.4) is 0 Å². The van der Waals surface area contributed by atoms with E-state index in [1.54, 1.807) is 0 Å². The average Bonchev–Trinajstić information content (AvgIpc) is 2.80. The molecule has 0 aliphatic carbocycles. The Bertz CT molecular complexity index is 679. The second kappa shape index (κ2) is 4.98. The first kappa shape index (κ1) is 12.1. The zero-order chi connectivity index (χ0) is 13.2. The van der Waals surface area contributed by atoms with Crippen LogP contribution in [-0.4, -0.2) is 4.98 Å². The quantitative estimate of drug-likeness (QED) is 0.628. The lowest BCUT2D eigenvalue weighted by Crippen LogP contribution is -1.83. The Labute approximate surface area is 117 Å². The summed E-state index contributed by atoms with van der Waals surface area (Å²) < 4.78 is 0. The maximum absolute atomic E-state index is 4.47. The van der Waals surface area contributed by atoms with E-state index >= 15 is 0 Å². The van der Waals surface area contributed by atoms with E-state index in [-0.39, 0.29) is 0 Å². The summed E-state index contributed by atoms with van der Waals surface area (Å²) in [4.78, 5) is 7.17. The Morgan fingerprint density at radius 1 is 0.895 bits per heavy atom. The smallest absolute Gasteiger partial charge is 0.0708 e. The first-order valence-electron chi connectivity index (χ1n) is 6.33. The molecule has 0 atom stereocenters. The van der Waals surface area contributed by atoms with Gasteiger partial charge >= 0.3 is 0 Å². The fourth-order valence-corrected chi connectivity index (χ4v) is 3.10. The number of thiophene rings is 1. The third-order valence-corrected chi connectivity index (χ3v) is 4.48. The van der Waals surface area contributed by atoms with Gasteiger partial charge in [0.05, 0.1) is 5.69 Å². The molecule has 0 amide bonds. The van der Waals surface area contributed by atoms with Crippen molar-refractivity contribution < 1.29 is 0 Å². The predicted octanol–water partition coefficient (Wildman–Crippen LogP) is 5.09. The van der Waals surface area contributed by atoms with E-state index in [9.17, 15) is 0 Å². The van der Waals surface area contributed by atoms with Crippen molar-refractivity contribution in [3.05, 3.63) is 65.2 Å². The molecule has 19 heavy (non-hydrogen) atoms. The lowest BCUT2D eigenvalue weighted by atomic mass is 10.1. The summed E-state index contributed by atoms with van der Waals surface area (Å²) in [7, 11) is 0. The Morgan fingerprint density at radius 3 is 2.37 bits per heavy atom. The van der Waals surface area contributed by atoms with Crippen molar-refractivity contribution in [3.8, 4) is 21.7 Å². The van der Waals surface area contributed by atoms with Gasteiger partial charge < -0.3 is 0 Å². The number of rotatable bonds is 2. The number of hydrogen-bond donors (Lipinski definition) is 0. The SMILES string of the molecule is Cc1cc(-c2ccnc(-c3ccccc3)c2)sc1C. The average molecular weight is 265 g/mol. The summed E-state index contributed by atoms with van der Waals surface area (Å²) in [5, 5.41) is 0. The molecule has 0 saturated carbocycles. The monoisotopic (exact) mass is 265 g/mol. The molecule has 0 aliphatic heterocycles. The molecule has 0 N–H and O–H groups in total. The van der Waals surface area contributed by atoms with Crippen LogP contribution < -0.4 is 0 Å². The Morgan fingerprint density at radius 2 is 1.68 bits per heavy atom. The van der Waals surface area contributed by atoms with Gasteiger partial charge in [-0.05, 0) is 43.2 Å². The molecule has 0 bridgehead atoms. The van der Waals surface area contributed by atoms with Gasteiger partial charge in [-0.15, -0.1) is 11.3 Å². The lowest BCUT2D eigenvalue weighted by molar-refractivity contribution is 1.33. The number of aromatic nitrogens is 1. The molecule has 0 radical (unpaired) electrons. The van der Waals surface area contributed by atoms with Crippen molar-refractivity contribution >= 4 is 11.3 Å². The highest BCUT2D eigenvalue weighted by atomic mass is 32.1. The first-order chi connectivity index (χ1) is 9.24. The molecule has 2 heterocycles. The molecule has 3 aromatic rings. The number of hydrogen-bond acceptors (Lipinski definition) is 2. The molecule has 0 fully saturated rings. The van der Waals surface area contributed by atoms with Gasteiger partial charge in [-0.3, -0.25) is 4.98 Å². The van der Waals surface area contributed by atoms with Crippen molar-refractivity contribution in [2.45, 2.75) is 13.8 Å². The third kappa shape index (κ3) is 2.45. The van der Waals surface area contributed by atoms with Gasteiger partial charge in [0, 0.05) is 21.5 Å². The normalized spacial score (nSPS) is 10.6. The van der Waals surface area contributed by atoms with Crippen LogP contribution in [0.15, 0.2) is 54.7 Å². The van der Waals surface area contributed by atoms with Gasteiger partial charge in [-0.2, -0.15) is 0 Å². The molecular weight excluding hydrogens is 250 g/mol. The zero-order valence-electron chi connectivity index (χ0n) is 11.1. The summed E-state index contributed by atoms with van der Waals surface area (Å²) in [6, 6.07) is 16.8. The largest absolute Gasteiger partial charge is 0.256 e. The molecule has 94 valence electrons. The summed E-state index contributed by atoms with van der Waals surface area (Å²) in [5.74, 6) is 0. The predicted molar refractivity (Wildman–Crippen MR) is 82.5 cm³/mol. The molecule has 0 spiro atoms. The van der Waals surface area contributed by atoms with Crippen LogP contribution >= 0.6 is 11.3 Å². The van der Waals surface area contributed by atoms with Crippen LogP contribution in [0.25, 0.3) is 21.7 Å². The second-order valence-corrected chi connectivity index (χ2v) is 5.90. The molecule has 3 rings (SSSR count). The summed E-state index contributed by atoms with van der Waals surface area (Å²) >= 11 is 1.84. The third-order valence-electron chi connectivity index (χ3n) is 3.28. The number of pyridine rings is 1. The minimum Gasteiger partial charge on any atom is -0.256 e. The molecular formula is C17H15NS. The van der Waals surface area contributed by atoms with E-state index in [2.05, 4.69) is 49.2 Å². The molecule has 2 aromatic heterocycles. The van der Waals surface area contributed by atoms with Crippen LogP contribution in [0, 0.1) is 13.8 Å². The maximum Gasteiger partial charge on any atom is 0.0708 e. The van der Waals surface area contributed by atoms with E-state index < -0.39 is 0 Å². The standard InChI is InChI=1S/C17H15NS/c1-12-10-17(19-13(12)2)15-8-9-18-16(11-15)14-6-4-3-5-7-14/h3-11H,1-2H3. The molecule has 0 saturated heterocycles. The fourth-order valence-electron chi connectivity index (χ4n) is 2.07. The van der Waals surface area contributed by atoms with Gasteiger partial charge in [-0.25, -0.2) is 0 Å². The van der Waals surface area contributed by atoms with Gasteiger partial charge in [0.15, 0.2) is 0 Å². The maximum atomic E-state index is 4.47. The highest BCUT2D eigenvalue weighted by Crippen LogP contribution is 2.32. The molecule has 2 heteroatoms. The minimum absolute atomic E-state index is 1.03. The molecule has 1 aromatic carbocycles. The number of aryl methyl sites for hydroxylation is 2. The highest BCUT2D eigenvalue weighted by Gasteiger charge is 2.06. The van der Waals surface area contributed by atoms with Gasteiger partial charge in [-0.1, -0.05) is 30.3 Å². The van der Waals surface area contributed by atoms with E-state index in [0.717, 1.165) is 11.3 Å². The van der Waals surface area contributed by atoms with Gasteiger partial charge in [0.2, 0.25) is 0 Å². The number of benzene rings is 1. The van der Waals surface area contributed by atoms with Crippen LogP contribution in [-0.2, 0) is 0 Å². The van der Waals surface area contributed by atoms with Crippen molar-refractivity contribution in [2.75, 3.05) is 0 Å². The first-order valence-corrected chi connectivity index (χ1v) is 7.14. The molecule has 1 nitrogen and oxygen atoms in total. The van der Waals surface area contributed by atoms with E-state index in [0.29, 0.717) is 0 Å². The lowest BCUT2D eigenvalue weighted by Gasteiger charge is -2.03.